The minimum absolute atomic E-state index is 0.0829. The van der Waals surface area contributed by atoms with Crippen LogP contribution in [0.3, 0.4) is 0 Å². The van der Waals surface area contributed by atoms with E-state index in [1.165, 1.54) is 0 Å². The van der Waals surface area contributed by atoms with Crippen molar-refractivity contribution >= 4 is 5.91 Å². The average molecular weight is 317 g/mol. The standard InChI is InChI=1S/C17H23N3O3/c1-13-6-4-5-7-16(13)20-14(2)15(12-18-20)17(22)19(8-10-21)9-11-23-3/h4-7,12,21H,8-11H2,1-3H3. The Balaban J connectivity index is 2.30. The molecule has 6 heteroatoms. The van der Waals surface area contributed by atoms with Crippen molar-refractivity contribution in [1.29, 1.82) is 0 Å². The van der Waals surface area contributed by atoms with Gasteiger partial charge in [0, 0.05) is 20.2 Å². The molecule has 23 heavy (non-hydrogen) atoms. The first-order valence-corrected chi connectivity index (χ1v) is 7.59. The van der Waals surface area contributed by atoms with Crippen molar-refractivity contribution in [3.05, 3.63) is 47.3 Å². The lowest BCUT2D eigenvalue weighted by molar-refractivity contribution is 0.0655. The molecule has 0 aliphatic carbocycles. The normalized spacial score (nSPS) is 10.8. The van der Waals surface area contributed by atoms with E-state index in [-0.39, 0.29) is 19.1 Å². The molecule has 0 radical (unpaired) electrons. The Morgan fingerprint density at radius 1 is 1.30 bits per heavy atom. The molecule has 0 aliphatic rings. The Labute approximate surface area is 136 Å². The van der Waals surface area contributed by atoms with Crippen LogP contribution >= 0.6 is 0 Å². The van der Waals surface area contributed by atoms with Gasteiger partial charge in [-0.15, -0.1) is 0 Å². The van der Waals surface area contributed by atoms with Crippen LogP contribution < -0.4 is 0 Å². The monoisotopic (exact) mass is 317 g/mol. The van der Waals surface area contributed by atoms with Crippen LogP contribution in [0.25, 0.3) is 5.69 Å². The number of amides is 1. The highest BCUT2D eigenvalue weighted by atomic mass is 16.5. The van der Waals surface area contributed by atoms with E-state index in [0.717, 1.165) is 16.9 Å². The number of rotatable bonds is 7. The summed E-state index contributed by atoms with van der Waals surface area (Å²) in [5.74, 6) is -0.145. The fourth-order valence-corrected chi connectivity index (χ4v) is 2.47. The van der Waals surface area contributed by atoms with Gasteiger partial charge in [-0.05, 0) is 25.5 Å². The number of nitrogens with zero attached hydrogens (tertiary/aromatic N) is 3. The summed E-state index contributed by atoms with van der Waals surface area (Å²) in [5.41, 5.74) is 3.36. The first-order valence-electron chi connectivity index (χ1n) is 7.59. The zero-order valence-electron chi connectivity index (χ0n) is 13.8. The Morgan fingerprint density at radius 2 is 2.04 bits per heavy atom. The molecule has 0 bridgehead atoms. The van der Waals surface area contributed by atoms with E-state index < -0.39 is 0 Å². The van der Waals surface area contributed by atoms with Gasteiger partial charge in [-0.1, -0.05) is 18.2 Å². The van der Waals surface area contributed by atoms with Crippen LogP contribution in [0, 0.1) is 13.8 Å². The van der Waals surface area contributed by atoms with E-state index in [2.05, 4.69) is 5.10 Å². The van der Waals surface area contributed by atoms with E-state index in [1.807, 2.05) is 38.1 Å². The van der Waals surface area contributed by atoms with Gasteiger partial charge >= 0.3 is 0 Å². The highest BCUT2D eigenvalue weighted by Crippen LogP contribution is 2.18. The van der Waals surface area contributed by atoms with Gasteiger partial charge in [0.05, 0.1) is 36.4 Å². The van der Waals surface area contributed by atoms with Crippen molar-refractivity contribution in [2.24, 2.45) is 0 Å². The van der Waals surface area contributed by atoms with E-state index >= 15 is 0 Å². The summed E-state index contributed by atoms with van der Waals surface area (Å²) in [7, 11) is 1.59. The summed E-state index contributed by atoms with van der Waals surface area (Å²) in [6.07, 6.45) is 1.58. The lowest BCUT2D eigenvalue weighted by Crippen LogP contribution is -2.36. The van der Waals surface area contributed by atoms with Crippen molar-refractivity contribution in [3.63, 3.8) is 0 Å². The highest BCUT2D eigenvalue weighted by molar-refractivity contribution is 5.95. The molecule has 1 aromatic heterocycles. The van der Waals surface area contributed by atoms with Crippen LogP contribution in [0.2, 0.25) is 0 Å². The summed E-state index contributed by atoms with van der Waals surface area (Å²) in [5, 5.41) is 13.5. The predicted octanol–water partition coefficient (Wildman–Crippen LogP) is 1.57. The first kappa shape index (κ1) is 17.2. The third-order valence-corrected chi connectivity index (χ3v) is 3.81. The highest BCUT2D eigenvalue weighted by Gasteiger charge is 2.21. The van der Waals surface area contributed by atoms with Gasteiger partial charge in [0.1, 0.15) is 0 Å². The second-order valence-corrected chi connectivity index (χ2v) is 5.35. The Hall–Kier alpha value is -2.18. The van der Waals surface area contributed by atoms with E-state index in [9.17, 15) is 4.79 Å². The van der Waals surface area contributed by atoms with E-state index in [1.54, 1.807) is 22.9 Å². The number of carbonyl (C=O) groups excluding carboxylic acids is 1. The van der Waals surface area contributed by atoms with Crippen LogP contribution in [-0.4, -0.2) is 59.1 Å². The molecule has 0 aliphatic heterocycles. The summed E-state index contributed by atoms with van der Waals surface area (Å²) in [4.78, 5) is 14.3. The average Bonchev–Trinajstić information content (AvgIpc) is 2.93. The summed E-state index contributed by atoms with van der Waals surface area (Å²) in [6.45, 7) is 4.94. The van der Waals surface area contributed by atoms with Crippen LogP contribution in [0.15, 0.2) is 30.5 Å². The maximum absolute atomic E-state index is 12.7. The molecule has 0 unspecified atom stereocenters. The van der Waals surface area contributed by atoms with E-state index in [0.29, 0.717) is 18.7 Å². The molecule has 124 valence electrons. The van der Waals surface area contributed by atoms with Crippen molar-refractivity contribution in [2.75, 3.05) is 33.4 Å². The number of aryl methyl sites for hydroxylation is 1. The summed E-state index contributed by atoms with van der Waals surface area (Å²) in [6, 6.07) is 7.90. The largest absolute Gasteiger partial charge is 0.395 e. The number of carbonyl (C=O) groups is 1. The number of aliphatic hydroxyl groups excluding tert-OH is 1. The molecule has 0 saturated heterocycles. The Kier molecular flexibility index (Phi) is 5.90. The number of ether oxygens (including phenoxy) is 1. The molecule has 0 atom stereocenters. The number of aliphatic hydroxyl groups is 1. The zero-order chi connectivity index (χ0) is 16.8. The molecule has 6 nitrogen and oxygen atoms in total. The van der Waals surface area contributed by atoms with Crippen molar-refractivity contribution in [3.8, 4) is 5.69 Å². The maximum atomic E-state index is 12.7. The lowest BCUT2D eigenvalue weighted by Gasteiger charge is -2.21. The Bertz CT molecular complexity index is 667. The smallest absolute Gasteiger partial charge is 0.257 e. The third-order valence-electron chi connectivity index (χ3n) is 3.81. The van der Waals surface area contributed by atoms with Gasteiger partial charge in [-0.25, -0.2) is 4.68 Å². The molecule has 2 rings (SSSR count). The van der Waals surface area contributed by atoms with Gasteiger partial charge in [0.25, 0.3) is 5.91 Å². The molecule has 0 fully saturated rings. The Morgan fingerprint density at radius 3 is 2.70 bits per heavy atom. The molecule has 1 heterocycles. The van der Waals surface area contributed by atoms with Crippen molar-refractivity contribution < 1.29 is 14.6 Å². The second-order valence-electron chi connectivity index (χ2n) is 5.35. The molecule has 0 saturated carbocycles. The van der Waals surface area contributed by atoms with Crippen LogP contribution in [0.1, 0.15) is 21.6 Å². The van der Waals surface area contributed by atoms with Crippen LogP contribution in [-0.2, 0) is 4.74 Å². The molecule has 2 aromatic rings. The molecule has 1 amide bonds. The fourth-order valence-electron chi connectivity index (χ4n) is 2.47. The minimum Gasteiger partial charge on any atom is -0.395 e. The number of methoxy groups -OCH3 is 1. The van der Waals surface area contributed by atoms with E-state index in [4.69, 9.17) is 9.84 Å². The number of para-hydroxylation sites is 1. The number of hydrogen-bond acceptors (Lipinski definition) is 4. The van der Waals surface area contributed by atoms with Crippen LogP contribution in [0.5, 0.6) is 0 Å². The zero-order valence-corrected chi connectivity index (χ0v) is 13.8. The van der Waals surface area contributed by atoms with Crippen molar-refractivity contribution in [2.45, 2.75) is 13.8 Å². The van der Waals surface area contributed by atoms with Gasteiger partial charge in [0.15, 0.2) is 0 Å². The minimum atomic E-state index is -0.145. The summed E-state index contributed by atoms with van der Waals surface area (Å²) < 4.78 is 6.80. The predicted molar refractivity (Wildman–Crippen MR) is 87.9 cm³/mol. The third kappa shape index (κ3) is 3.78. The lowest BCUT2D eigenvalue weighted by atomic mass is 10.2. The SMILES string of the molecule is COCCN(CCO)C(=O)c1cnn(-c2ccccc2C)c1C. The van der Waals surface area contributed by atoms with Gasteiger partial charge in [-0.2, -0.15) is 5.10 Å². The number of aromatic nitrogens is 2. The molecular formula is C17H23N3O3. The number of benzene rings is 1. The maximum Gasteiger partial charge on any atom is 0.257 e. The molecule has 1 aromatic carbocycles. The fraction of sp³-hybridized carbons (Fsp3) is 0.412. The quantitative estimate of drug-likeness (QED) is 0.842. The molecular weight excluding hydrogens is 294 g/mol. The van der Waals surface area contributed by atoms with Crippen LogP contribution in [0.4, 0.5) is 0 Å². The first-order chi connectivity index (χ1) is 11.1. The van der Waals surface area contributed by atoms with Gasteiger partial charge in [-0.3, -0.25) is 4.79 Å². The topological polar surface area (TPSA) is 67.6 Å². The number of hydrogen-bond donors (Lipinski definition) is 1. The van der Waals surface area contributed by atoms with Crippen molar-refractivity contribution in [1.82, 2.24) is 14.7 Å². The van der Waals surface area contributed by atoms with Gasteiger partial charge in [0.2, 0.25) is 0 Å². The second kappa shape index (κ2) is 7.89. The molecule has 1 N–H and O–H groups in total. The summed E-state index contributed by atoms with van der Waals surface area (Å²) >= 11 is 0. The van der Waals surface area contributed by atoms with Gasteiger partial charge < -0.3 is 14.7 Å². The molecule has 0 spiro atoms.